The van der Waals surface area contributed by atoms with E-state index >= 15 is 0 Å². The van der Waals surface area contributed by atoms with Crippen LogP contribution < -0.4 is 0 Å². The molecule has 0 bridgehead atoms. The molecule has 1 saturated heterocycles. The number of aromatic amines is 1. The molecular formula is C20H19N5O3. The molecule has 1 amide bonds. The predicted octanol–water partition coefficient (Wildman–Crippen LogP) is 1.84. The van der Waals surface area contributed by atoms with Gasteiger partial charge in [0.1, 0.15) is 5.65 Å². The smallest absolute Gasteiger partial charge is 0.257 e. The van der Waals surface area contributed by atoms with Crippen LogP contribution in [-0.4, -0.2) is 61.8 Å². The first kappa shape index (κ1) is 16.9. The van der Waals surface area contributed by atoms with Crippen molar-refractivity contribution in [2.75, 3.05) is 26.3 Å². The SMILES string of the molecule is O=C(c1cnn2ccc(-c3c[nH]c4nc(CO)ccc34)cc12)N1CCOCC1. The van der Waals surface area contributed by atoms with Gasteiger partial charge >= 0.3 is 0 Å². The molecule has 0 radical (unpaired) electrons. The molecule has 8 heteroatoms. The summed E-state index contributed by atoms with van der Waals surface area (Å²) in [5.74, 6) is -0.0244. The Morgan fingerprint density at radius 3 is 2.93 bits per heavy atom. The Kier molecular flexibility index (Phi) is 4.07. The molecule has 0 saturated carbocycles. The van der Waals surface area contributed by atoms with Crippen LogP contribution in [0.2, 0.25) is 0 Å². The topological polar surface area (TPSA) is 95.8 Å². The minimum absolute atomic E-state index is 0.0244. The number of aliphatic hydroxyl groups is 1. The van der Waals surface area contributed by atoms with Crippen molar-refractivity contribution in [3.63, 3.8) is 0 Å². The zero-order valence-corrected chi connectivity index (χ0v) is 15.1. The van der Waals surface area contributed by atoms with E-state index < -0.39 is 0 Å². The van der Waals surface area contributed by atoms with Gasteiger partial charge in [0.05, 0.1) is 42.8 Å². The number of fused-ring (bicyclic) bond motifs is 2. The molecule has 28 heavy (non-hydrogen) atoms. The maximum absolute atomic E-state index is 12.9. The standard InChI is InChI=1S/C20H19N5O3/c26-12-14-1-2-15-16(10-21-19(15)23-14)13-3-4-25-18(9-13)17(11-22-25)20(27)24-5-7-28-8-6-24/h1-4,9-11,26H,5-8,12H2,(H,21,23). The van der Waals surface area contributed by atoms with E-state index in [0.29, 0.717) is 37.6 Å². The molecule has 2 N–H and O–H groups in total. The summed E-state index contributed by atoms with van der Waals surface area (Å²) in [6.07, 6.45) is 5.38. The maximum Gasteiger partial charge on any atom is 0.257 e. The predicted molar refractivity (Wildman–Crippen MR) is 103 cm³/mol. The number of nitrogens with one attached hydrogen (secondary N) is 1. The zero-order chi connectivity index (χ0) is 19.1. The molecule has 0 spiro atoms. The summed E-state index contributed by atoms with van der Waals surface area (Å²) < 4.78 is 7.06. The maximum atomic E-state index is 12.9. The number of carbonyl (C=O) groups excluding carboxylic acids is 1. The zero-order valence-electron chi connectivity index (χ0n) is 15.1. The van der Waals surface area contributed by atoms with Gasteiger partial charge in [0, 0.05) is 36.4 Å². The van der Waals surface area contributed by atoms with E-state index in [0.717, 1.165) is 27.7 Å². The fraction of sp³-hybridized carbons (Fsp3) is 0.250. The third-order valence-electron chi connectivity index (χ3n) is 5.12. The number of amides is 1. The van der Waals surface area contributed by atoms with E-state index in [2.05, 4.69) is 15.1 Å². The van der Waals surface area contributed by atoms with Crippen LogP contribution in [0.15, 0.2) is 42.9 Å². The molecule has 0 unspecified atom stereocenters. The first-order valence-corrected chi connectivity index (χ1v) is 9.17. The molecule has 8 nitrogen and oxygen atoms in total. The van der Waals surface area contributed by atoms with Gasteiger partial charge in [0.25, 0.3) is 5.91 Å². The Hall–Kier alpha value is -3.23. The molecule has 142 valence electrons. The highest BCUT2D eigenvalue weighted by Gasteiger charge is 2.22. The van der Waals surface area contributed by atoms with E-state index in [1.165, 1.54) is 0 Å². The fourth-order valence-electron chi connectivity index (χ4n) is 3.62. The van der Waals surface area contributed by atoms with Crippen molar-refractivity contribution in [1.82, 2.24) is 24.5 Å². The van der Waals surface area contributed by atoms with Gasteiger partial charge in [-0.3, -0.25) is 4.79 Å². The van der Waals surface area contributed by atoms with Gasteiger partial charge in [0.15, 0.2) is 0 Å². The fourth-order valence-corrected chi connectivity index (χ4v) is 3.62. The second kappa shape index (κ2) is 6.74. The number of aromatic nitrogens is 4. The van der Waals surface area contributed by atoms with Crippen molar-refractivity contribution in [3.05, 3.63) is 54.1 Å². The Balaban J connectivity index is 1.57. The molecule has 0 aliphatic carbocycles. The number of hydrogen-bond acceptors (Lipinski definition) is 5. The summed E-state index contributed by atoms with van der Waals surface area (Å²) in [7, 11) is 0. The average Bonchev–Trinajstić information content (AvgIpc) is 3.37. The lowest BCUT2D eigenvalue weighted by molar-refractivity contribution is 0.0304. The normalized spacial score (nSPS) is 14.8. The van der Waals surface area contributed by atoms with Gasteiger partial charge in [-0.2, -0.15) is 5.10 Å². The van der Waals surface area contributed by atoms with Crippen LogP contribution in [0.4, 0.5) is 0 Å². The lowest BCUT2D eigenvalue weighted by atomic mass is 10.1. The molecule has 5 heterocycles. The monoisotopic (exact) mass is 377 g/mol. The van der Waals surface area contributed by atoms with Crippen LogP contribution >= 0.6 is 0 Å². The molecule has 1 fully saturated rings. The molecule has 0 atom stereocenters. The second-order valence-electron chi connectivity index (χ2n) is 6.77. The minimum atomic E-state index is -0.0981. The first-order chi connectivity index (χ1) is 13.7. The van der Waals surface area contributed by atoms with Gasteiger partial charge in [-0.15, -0.1) is 0 Å². The van der Waals surface area contributed by atoms with Crippen molar-refractivity contribution in [2.45, 2.75) is 6.61 Å². The Morgan fingerprint density at radius 1 is 1.25 bits per heavy atom. The lowest BCUT2D eigenvalue weighted by Crippen LogP contribution is -2.40. The van der Waals surface area contributed by atoms with E-state index in [-0.39, 0.29) is 12.5 Å². The summed E-state index contributed by atoms with van der Waals surface area (Å²) in [5.41, 5.74) is 4.65. The third kappa shape index (κ3) is 2.74. The molecule has 4 aromatic rings. The number of rotatable bonds is 3. The number of hydrogen-bond donors (Lipinski definition) is 2. The van der Waals surface area contributed by atoms with Gasteiger partial charge in [-0.1, -0.05) is 0 Å². The van der Waals surface area contributed by atoms with Gasteiger partial charge in [-0.25, -0.2) is 9.50 Å². The summed E-state index contributed by atoms with van der Waals surface area (Å²) in [6.45, 7) is 2.22. The number of nitrogens with zero attached hydrogens (tertiary/aromatic N) is 4. The number of aliphatic hydroxyl groups excluding tert-OH is 1. The van der Waals surface area contributed by atoms with Crippen molar-refractivity contribution in [2.24, 2.45) is 0 Å². The summed E-state index contributed by atoms with van der Waals surface area (Å²) in [6, 6.07) is 7.69. The van der Waals surface area contributed by atoms with Gasteiger partial charge in [0.2, 0.25) is 0 Å². The van der Waals surface area contributed by atoms with Crippen LogP contribution in [0, 0.1) is 0 Å². The quantitative estimate of drug-likeness (QED) is 0.568. The number of morpholine rings is 1. The summed E-state index contributed by atoms with van der Waals surface area (Å²) >= 11 is 0. The van der Waals surface area contributed by atoms with Crippen molar-refractivity contribution >= 4 is 22.5 Å². The number of H-pyrrole nitrogens is 1. The Labute approximate surface area is 160 Å². The highest BCUT2D eigenvalue weighted by molar-refractivity contribution is 6.02. The molecular weight excluding hydrogens is 358 g/mol. The number of carbonyl (C=O) groups is 1. The Bertz CT molecular complexity index is 1170. The van der Waals surface area contributed by atoms with Gasteiger partial charge in [-0.05, 0) is 29.8 Å². The summed E-state index contributed by atoms with van der Waals surface area (Å²) in [4.78, 5) is 22.3. The van der Waals surface area contributed by atoms with Crippen molar-refractivity contribution < 1.29 is 14.6 Å². The molecule has 1 aliphatic rings. The minimum Gasteiger partial charge on any atom is -0.390 e. The van der Waals surface area contributed by atoms with Crippen LogP contribution in [-0.2, 0) is 11.3 Å². The van der Waals surface area contributed by atoms with E-state index in [9.17, 15) is 9.90 Å². The van der Waals surface area contributed by atoms with Crippen molar-refractivity contribution in [1.29, 1.82) is 0 Å². The lowest BCUT2D eigenvalue weighted by Gasteiger charge is -2.26. The summed E-state index contributed by atoms with van der Waals surface area (Å²) in [5, 5.41) is 14.6. The molecule has 5 rings (SSSR count). The number of ether oxygens (including phenoxy) is 1. The Morgan fingerprint density at radius 2 is 2.11 bits per heavy atom. The van der Waals surface area contributed by atoms with E-state index in [1.54, 1.807) is 15.6 Å². The van der Waals surface area contributed by atoms with Crippen LogP contribution in [0.25, 0.3) is 27.7 Å². The van der Waals surface area contributed by atoms with Crippen LogP contribution in [0.1, 0.15) is 16.1 Å². The van der Waals surface area contributed by atoms with E-state index in [1.807, 2.05) is 36.7 Å². The molecule has 1 aliphatic heterocycles. The largest absolute Gasteiger partial charge is 0.390 e. The van der Waals surface area contributed by atoms with Crippen LogP contribution in [0.5, 0.6) is 0 Å². The highest BCUT2D eigenvalue weighted by Crippen LogP contribution is 2.29. The third-order valence-corrected chi connectivity index (χ3v) is 5.12. The van der Waals surface area contributed by atoms with Crippen LogP contribution in [0.3, 0.4) is 0 Å². The van der Waals surface area contributed by atoms with E-state index in [4.69, 9.17) is 4.74 Å². The number of pyridine rings is 2. The molecule has 4 aromatic heterocycles. The first-order valence-electron chi connectivity index (χ1n) is 9.17. The second-order valence-corrected chi connectivity index (χ2v) is 6.77. The average molecular weight is 377 g/mol. The molecule has 0 aromatic carbocycles. The van der Waals surface area contributed by atoms with Crippen molar-refractivity contribution in [3.8, 4) is 11.1 Å². The highest BCUT2D eigenvalue weighted by atomic mass is 16.5. The van der Waals surface area contributed by atoms with Gasteiger partial charge < -0.3 is 19.7 Å².